The Balaban J connectivity index is 1.77. The van der Waals surface area contributed by atoms with E-state index in [4.69, 9.17) is 4.42 Å². The van der Waals surface area contributed by atoms with Gasteiger partial charge in [-0.05, 0) is 30.9 Å². The van der Waals surface area contributed by atoms with Crippen molar-refractivity contribution in [2.75, 3.05) is 0 Å². The lowest BCUT2D eigenvalue weighted by Gasteiger charge is -2.29. The minimum atomic E-state index is -0.603. The summed E-state index contributed by atoms with van der Waals surface area (Å²) in [5.41, 5.74) is 0. The molecule has 0 unspecified atom stereocenters. The number of carbonyl (C=O) groups is 2. The zero-order chi connectivity index (χ0) is 13.7. The van der Waals surface area contributed by atoms with Gasteiger partial charge in [-0.1, -0.05) is 19.8 Å². The fraction of sp³-hybridized carbons (Fsp3) is 0.571. The summed E-state index contributed by atoms with van der Waals surface area (Å²) in [4.78, 5) is 23.4. The predicted octanol–water partition coefficient (Wildman–Crippen LogP) is 1.59. The van der Waals surface area contributed by atoms with E-state index in [9.17, 15) is 9.59 Å². The molecule has 1 fully saturated rings. The minimum Gasteiger partial charge on any atom is -0.467 e. The Morgan fingerprint density at radius 3 is 2.79 bits per heavy atom. The van der Waals surface area contributed by atoms with Crippen LogP contribution >= 0.6 is 0 Å². The molecule has 5 heteroatoms. The Bertz CT molecular complexity index is 428. The van der Waals surface area contributed by atoms with E-state index in [1.54, 1.807) is 12.1 Å². The number of carbonyl (C=O) groups excluding carboxylic acids is 2. The third-order valence-electron chi connectivity index (χ3n) is 3.64. The highest BCUT2D eigenvalue weighted by Gasteiger charge is 2.25. The molecule has 2 N–H and O–H groups in total. The summed E-state index contributed by atoms with van der Waals surface area (Å²) in [7, 11) is 0. The highest BCUT2D eigenvalue weighted by atomic mass is 16.3. The van der Waals surface area contributed by atoms with Crippen molar-refractivity contribution in [3.8, 4) is 0 Å². The summed E-state index contributed by atoms with van der Waals surface area (Å²) in [6, 6.07) is 3.61. The summed E-state index contributed by atoms with van der Waals surface area (Å²) in [5, 5.41) is 5.36. The van der Waals surface area contributed by atoms with E-state index in [2.05, 4.69) is 17.6 Å². The van der Waals surface area contributed by atoms with Crippen molar-refractivity contribution < 1.29 is 14.0 Å². The van der Waals surface area contributed by atoms with E-state index in [0.717, 1.165) is 19.3 Å². The summed E-state index contributed by atoms with van der Waals surface area (Å²) < 4.78 is 5.08. The van der Waals surface area contributed by atoms with Crippen LogP contribution in [0.5, 0.6) is 0 Å². The second-order valence-corrected chi connectivity index (χ2v) is 5.10. The number of hydrogen-bond donors (Lipinski definition) is 2. The summed E-state index contributed by atoms with van der Waals surface area (Å²) in [6.45, 7) is 2.35. The minimum absolute atomic E-state index is 0.121. The summed E-state index contributed by atoms with van der Waals surface area (Å²) in [6.07, 6.45) is 5.92. The van der Waals surface area contributed by atoms with Gasteiger partial charge in [0.2, 0.25) is 0 Å². The first-order chi connectivity index (χ1) is 9.16. The Morgan fingerprint density at radius 1 is 1.32 bits per heavy atom. The van der Waals surface area contributed by atoms with Crippen LogP contribution in [-0.2, 0) is 16.1 Å². The average molecular weight is 264 g/mol. The van der Waals surface area contributed by atoms with Crippen LogP contribution in [0.15, 0.2) is 22.8 Å². The molecule has 5 nitrogen and oxygen atoms in total. The number of rotatable bonds is 3. The third-order valence-corrected chi connectivity index (χ3v) is 3.64. The molecule has 104 valence electrons. The second-order valence-electron chi connectivity index (χ2n) is 5.10. The van der Waals surface area contributed by atoms with Gasteiger partial charge in [0.05, 0.1) is 12.8 Å². The van der Waals surface area contributed by atoms with E-state index in [-0.39, 0.29) is 12.6 Å². The van der Waals surface area contributed by atoms with Gasteiger partial charge in [-0.25, -0.2) is 0 Å². The average Bonchev–Trinajstić information content (AvgIpc) is 2.91. The van der Waals surface area contributed by atoms with Gasteiger partial charge in [-0.2, -0.15) is 0 Å². The van der Waals surface area contributed by atoms with Gasteiger partial charge in [0.1, 0.15) is 5.76 Å². The maximum atomic E-state index is 11.8. The lowest BCUT2D eigenvalue weighted by Crippen LogP contribution is -2.47. The summed E-state index contributed by atoms with van der Waals surface area (Å²) >= 11 is 0. The maximum absolute atomic E-state index is 11.8. The van der Waals surface area contributed by atoms with Crippen molar-refractivity contribution in [3.63, 3.8) is 0 Å². The number of amides is 2. The Hall–Kier alpha value is -1.78. The molecule has 0 aliphatic heterocycles. The normalized spacial score (nSPS) is 22.8. The molecule has 0 aromatic carbocycles. The number of furan rings is 1. The first kappa shape index (κ1) is 13.6. The molecule has 1 saturated carbocycles. The maximum Gasteiger partial charge on any atom is 0.309 e. The molecule has 0 bridgehead atoms. The molecule has 0 saturated heterocycles. The van der Waals surface area contributed by atoms with E-state index < -0.39 is 11.8 Å². The molecule has 0 radical (unpaired) electrons. The van der Waals surface area contributed by atoms with Gasteiger partial charge in [-0.3, -0.25) is 9.59 Å². The SMILES string of the molecule is C[C@@H]1CCCC[C@@H]1NC(=O)C(=O)NCc1ccco1. The molecule has 2 amide bonds. The quantitative estimate of drug-likeness (QED) is 0.814. The van der Waals surface area contributed by atoms with E-state index in [1.807, 2.05) is 0 Å². The Kier molecular flexibility index (Phi) is 4.60. The van der Waals surface area contributed by atoms with Gasteiger partial charge >= 0.3 is 11.8 Å². The van der Waals surface area contributed by atoms with Crippen molar-refractivity contribution in [3.05, 3.63) is 24.2 Å². The molecule has 1 aromatic heterocycles. The molecule has 1 heterocycles. The Labute approximate surface area is 112 Å². The highest BCUT2D eigenvalue weighted by Crippen LogP contribution is 2.23. The lowest BCUT2D eigenvalue weighted by molar-refractivity contribution is -0.140. The molecule has 1 aliphatic carbocycles. The van der Waals surface area contributed by atoms with Crippen molar-refractivity contribution >= 4 is 11.8 Å². The molecule has 2 rings (SSSR count). The van der Waals surface area contributed by atoms with Crippen LogP contribution in [0.1, 0.15) is 38.4 Å². The van der Waals surface area contributed by atoms with Crippen LogP contribution in [0.25, 0.3) is 0 Å². The van der Waals surface area contributed by atoms with Crippen LogP contribution in [0.3, 0.4) is 0 Å². The zero-order valence-corrected chi connectivity index (χ0v) is 11.1. The van der Waals surface area contributed by atoms with Crippen molar-refractivity contribution in [1.82, 2.24) is 10.6 Å². The van der Waals surface area contributed by atoms with Gasteiger partial charge in [0, 0.05) is 6.04 Å². The standard InChI is InChI=1S/C14H20N2O3/c1-10-5-2-3-7-12(10)16-14(18)13(17)15-9-11-6-4-8-19-11/h4,6,8,10,12H,2-3,5,7,9H2,1H3,(H,15,17)(H,16,18)/t10-,12+/m1/s1. The zero-order valence-electron chi connectivity index (χ0n) is 11.1. The van der Waals surface area contributed by atoms with E-state index in [0.29, 0.717) is 11.7 Å². The van der Waals surface area contributed by atoms with E-state index >= 15 is 0 Å². The van der Waals surface area contributed by atoms with Gasteiger partial charge in [0.15, 0.2) is 0 Å². The van der Waals surface area contributed by atoms with Crippen LogP contribution in [0.4, 0.5) is 0 Å². The Morgan fingerprint density at radius 2 is 2.11 bits per heavy atom. The number of hydrogen-bond acceptors (Lipinski definition) is 3. The first-order valence-electron chi connectivity index (χ1n) is 6.78. The van der Waals surface area contributed by atoms with Gasteiger partial charge in [0.25, 0.3) is 0 Å². The molecular weight excluding hydrogens is 244 g/mol. The van der Waals surface area contributed by atoms with Crippen LogP contribution < -0.4 is 10.6 Å². The molecule has 19 heavy (non-hydrogen) atoms. The molecule has 0 spiro atoms. The van der Waals surface area contributed by atoms with Crippen LogP contribution in [-0.4, -0.2) is 17.9 Å². The summed E-state index contributed by atoms with van der Waals surface area (Å²) in [5.74, 6) is -0.0813. The largest absolute Gasteiger partial charge is 0.467 e. The van der Waals surface area contributed by atoms with E-state index in [1.165, 1.54) is 12.7 Å². The fourth-order valence-electron chi connectivity index (χ4n) is 2.43. The van der Waals surface area contributed by atoms with Gasteiger partial charge < -0.3 is 15.1 Å². The number of nitrogens with one attached hydrogen (secondary N) is 2. The molecule has 1 aliphatic rings. The molecule has 1 aromatic rings. The highest BCUT2D eigenvalue weighted by molar-refractivity contribution is 6.35. The smallest absolute Gasteiger partial charge is 0.309 e. The molecule has 2 atom stereocenters. The van der Waals surface area contributed by atoms with Crippen molar-refractivity contribution in [2.45, 2.75) is 45.2 Å². The van der Waals surface area contributed by atoms with Gasteiger partial charge in [-0.15, -0.1) is 0 Å². The monoisotopic (exact) mass is 264 g/mol. The molecular formula is C14H20N2O3. The van der Waals surface area contributed by atoms with Crippen LogP contribution in [0.2, 0.25) is 0 Å². The fourth-order valence-corrected chi connectivity index (χ4v) is 2.43. The topological polar surface area (TPSA) is 71.3 Å². The third kappa shape index (κ3) is 3.84. The lowest BCUT2D eigenvalue weighted by atomic mass is 9.86. The van der Waals surface area contributed by atoms with Crippen molar-refractivity contribution in [1.29, 1.82) is 0 Å². The predicted molar refractivity (Wildman–Crippen MR) is 70.1 cm³/mol. The van der Waals surface area contributed by atoms with Crippen molar-refractivity contribution in [2.24, 2.45) is 5.92 Å². The van der Waals surface area contributed by atoms with Crippen LogP contribution in [0, 0.1) is 5.92 Å². The first-order valence-corrected chi connectivity index (χ1v) is 6.78. The second kappa shape index (κ2) is 6.41.